The fourth-order valence-corrected chi connectivity index (χ4v) is 3.34. The minimum atomic E-state index is -0.0165. The molecule has 0 bridgehead atoms. The maximum atomic E-state index is 12.5. The van der Waals surface area contributed by atoms with Gasteiger partial charge in [-0.3, -0.25) is 19.2 Å². The number of amides is 2. The molecule has 1 aliphatic rings. The number of hydrogen-bond acceptors (Lipinski definition) is 4. The third-order valence-electron chi connectivity index (χ3n) is 5.04. The van der Waals surface area contributed by atoms with E-state index in [0.29, 0.717) is 26.1 Å². The van der Waals surface area contributed by atoms with Crippen molar-refractivity contribution >= 4 is 11.8 Å². The zero-order valence-electron chi connectivity index (χ0n) is 16.9. The second kappa shape index (κ2) is 9.01. The van der Waals surface area contributed by atoms with Gasteiger partial charge in [-0.05, 0) is 25.5 Å². The summed E-state index contributed by atoms with van der Waals surface area (Å²) in [5, 5.41) is 10.5. The average Bonchev–Trinajstić information content (AvgIpc) is 3.08. The van der Waals surface area contributed by atoms with Gasteiger partial charge in [-0.2, -0.15) is 5.10 Å². The molecule has 0 fully saturated rings. The van der Waals surface area contributed by atoms with Gasteiger partial charge in [0.05, 0.1) is 37.1 Å². The van der Waals surface area contributed by atoms with Crippen molar-refractivity contribution in [3.63, 3.8) is 0 Å². The Hall–Kier alpha value is -2.67. The molecule has 2 heterocycles. The number of benzene rings is 1. The van der Waals surface area contributed by atoms with E-state index in [0.717, 1.165) is 30.0 Å². The Balaban J connectivity index is 1.51. The van der Waals surface area contributed by atoms with Crippen LogP contribution in [0.4, 0.5) is 0 Å². The lowest BCUT2D eigenvalue weighted by molar-refractivity contribution is -0.123. The monoisotopic (exact) mass is 383 g/mol. The number of aromatic nitrogens is 2. The molecule has 0 saturated carbocycles. The predicted octanol–water partition coefficient (Wildman–Crippen LogP) is 1.91. The van der Waals surface area contributed by atoms with Crippen LogP contribution in [0.25, 0.3) is 0 Å². The summed E-state index contributed by atoms with van der Waals surface area (Å²) in [5.74, 6) is 0.0449. The van der Waals surface area contributed by atoms with Gasteiger partial charge >= 0.3 is 0 Å². The van der Waals surface area contributed by atoms with Gasteiger partial charge in [0.15, 0.2) is 0 Å². The second-order valence-electron chi connectivity index (χ2n) is 7.39. The van der Waals surface area contributed by atoms with Crippen LogP contribution in [0.5, 0.6) is 0 Å². The molecule has 1 aromatic heterocycles. The Kier molecular flexibility index (Phi) is 6.46. The molecule has 0 spiro atoms. The van der Waals surface area contributed by atoms with Crippen molar-refractivity contribution in [3.05, 3.63) is 52.8 Å². The molecule has 1 atom stereocenters. The van der Waals surface area contributed by atoms with E-state index in [-0.39, 0.29) is 17.9 Å². The van der Waals surface area contributed by atoms with Crippen LogP contribution in [0.3, 0.4) is 0 Å². The summed E-state index contributed by atoms with van der Waals surface area (Å²) >= 11 is 0. The number of carbonyl (C=O) groups is 2. The van der Waals surface area contributed by atoms with Crippen molar-refractivity contribution in [2.24, 2.45) is 0 Å². The maximum absolute atomic E-state index is 12.5. The summed E-state index contributed by atoms with van der Waals surface area (Å²) in [6.45, 7) is 8.91. The molecule has 7 nitrogen and oxygen atoms in total. The predicted molar refractivity (Wildman–Crippen MR) is 107 cm³/mol. The van der Waals surface area contributed by atoms with Gasteiger partial charge in [0.25, 0.3) is 0 Å². The highest BCUT2D eigenvalue weighted by Crippen LogP contribution is 2.15. The van der Waals surface area contributed by atoms with Gasteiger partial charge in [-0.15, -0.1) is 0 Å². The summed E-state index contributed by atoms with van der Waals surface area (Å²) in [6.07, 6.45) is 0.470. The first kappa shape index (κ1) is 20.1. The highest BCUT2D eigenvalue weighted by Gasteiger charge is 2.21. The third-order valence-corrected chi connectivity index (χ3v) is 5.04. The zero-order valence-corrected chi connectivity index (χ0v) is 16.9. The van der Waals surface area contributed by atoms with Crippen LogP contribution in [0, 0.1) is 6.92 Å². The first-order valence-corrected chi connectivity index (χ1v) is 9.85. The van der Waals surface area contributed by atoms with Crippen LogP contribution in [0.2, 0.25) is 0 Å². The van der Waals surface area contributed by atoms with E-state index in [4.69, 9.17) is 0 Å². The van der Waals surface area contributed by atoms with E-state index < -0.39 is 0 Å². The zero-order chi connectivity index (χ0) is 20.1. The summed E-state index contributed by atoms with van der Waals surface area (Å²) in [5.41, 5.74) is 4.25. The standard InChI is InChI=1S/C21H29N5O2/c1-4-20(27)22-12-18-11-19-13-25(9-10-26(19)24-18)14-21(28)23-16(3)17-7-5-15(2)6-8-17/h5-8,11,16H,4,9-10,12-14H2,1-3H3,(H,22,27)(H,23,28). The number of carbonyl (C=O) groups excluding carboxylic acids is 2. The SMILES string of the molecule is CCC(=O)NCc1cc2n(n1)CCN(CC(=O)NC(C)c1ccc(C)cc1)C2. The second-order valence-corrected chi connectivity index (χ2v) is 7.39. The van der Waals surface area contributed by atoms with Crippen molar-refractivity contribution in [3.8, 4) is 0 Å². The van der Waals surface area contributed by atoms with Crippen LogP contribution in [0.1, 0.15) is 48.8 Å². The Morgan fingerprint density at radius 2 is 1.93 bits per heavy atom. The molecule has 2 aromatic rings. The van der Waals surface area contributed by atoms with E-state index >= 15 is 0 Å². The molecular formula is C21H29N5O2. The van der Waals surface area contributed by atoms with Crippen molar-refractivity contribution in [2.75, 3.05) is 13.1 Å². The molecule has 0 radical (unpaired) electrons. The maximum Gasteiger partial charge on any atom is 0.234 e. The number of nitrogens with one attached hydrogen (secondary N) is 2. The van der Waals surface area contributed by atoms with Crippen LogP contribution in [-0.4, -0.2) is 39.6 Å². The molecule has 0 saturated heterocycles. The number of hydrogen-bond donors (Lipinski definition) is 2. The Labute approximate surface area is 166 Å². The van der Waals surface area contributed by atoms with E-state index in [1.54, 1.807) is 0 Å². The van der Waals surface area contributed by atoms with Crippen molar-refractivity contribution in [1.82, 2.24) is 25.3 Å². The van der Waals surface area contributed by atoms with Crippen molar-refractivity contribution in [2.45, 2.75) is 52.9 Å². The first-order valence-electron chi connectivity index (χ1n) is 9.85. The molecule has 28 heavy (non-hydrogen) atoms. The lowest BCUT2D eigenvalue weighted by atomic mass is 10.1. The fourth-order valence-electron chi connectivity index (χ4n) is 3.34. The summed E-state index contributed by atoms with van der Waals surface area (Å²) in [4.78, 5) is 26.0. The highest BCUT2D eigenvalue weighted by atomic mass is 16.2. The smallest absolute Gasteiger partial charge is 0.234 e. The largest absolute Gasteiger partial charge is 0.350 e. The van der Waals surface area contributed by atoms with Gasteiger partial charge in [0.2, 0.25) is 11.8 Å². The summed E-state index contributed by atoms with van der Waals surface area (Å²) in [6, 6.07) is 10.2. The fraction of sp³-hybridized carbons (Fsp3) is 0.476. The van der Waals surface area contributed by atoms with Crippen LogP contribution < -0.4 is 10.6 Å². The number of aryl methyl sites for hydroxylation is 1. The molecule has 2 amide bonds. The van der Waals surface area contributed by atoms with Gasteiger partial charge in [-0.25, -0.2) is 0 Å². The normalized spacial score (nSPS) is 15.0. The quantitative estimate of drug-likeness (QED) is 0.766. The Morgan fingerprint density at radius 1 is 1.18 bits per heavy atom. The molecule has 1 aliphatic heterocycles. The molecular weight excluding hydrogens is 354 g/mol. The van der Waals surface area contributed by atoms with Crippen LogP contribution in [0.15, 0.2) is 30.3 Å². The van der Waals surface area contributed by atoms with E-state index in [2.05, 4.69) is 51.8 Å². The van der Waals surface area contributed by atoms with E-state index in [1.165, 1.54) is 5.56 Å². The number of fused-ring (bicyclic) bond motifs is 1. The highest BCUT2D eigenvalue weighted by molar-refractivity contribution is 5.78. The molecule has 3 rings (SSSR count). The van der Waals surface area contributed by atoms with Crippen LogP contribution in [-0.2, 0) is 29.2 Å². The number of rotatable bonds is 7. The lowest BCUT2D eigenvalue weighted by Gasteiger charge is -2.27. The molecule has 1 aromatic carbocycles. The molecule has 150 valence electrons. The third kappa shape index (κ3) is 5.19. The summed E-state index contributed by atoms with van der Waals surface area (Å²) in [7, 11) is 0. The van der Waals surface area contributed by atoms with Crippen molar-refractivity contribution < 1.29 is 9.59 Å². The number of nitrogens with zero attached hydrogens (tertiary/aromatic N) is 3. The Morgan fingerprint density at radius 3 is 2.64 bits per heavy atom. The van der Waals surface area contributed by atoms with Gasteiger partial charge in [0, 0.05) is 19.5 Å². The molecule has 2 N–H and O–H groups in total. The summed E-state index contributed by atoms with van der Waals surface area (Å²) < 4.78 is 1.97. The topological polar surface area (TPSA) is 79.3 Å². The first-order chi connectivity index (χ1) is 13.4. The van der Waals surface area contributed by atoms with Gasteiger partial charge in [-0.1, -0.05) is 36.8 Å². The van der Waals surface area contributed by atoms with Gasteiger partial charge in [0.1, 0.15) is 0 Å². The van der Waals surface area contributed by atoms with Crippen molar-refractivity contribution in [1.29, 1.82) is 0 Å². The minimum absolute atomic E-state index is 0.0165. The van der Waals surface area contributed by atoms with Gasteiger partial charge < -0.3 is 10.6 Å². The molecule has 7 heteroatoms. The van der Waals surface area contributed by atoms with E-state index in [9.17, 15) is 9.59 Å². The molecule has 1 unspecified atom stereocenters. The Bertz CT molecular complexity index is 828. The molecule has 0 aliphatic carbocycles. The lowest BCUT2D eigenvalue weighted by Crippen LogP contribution is -2.42. The average molecular weight is 383 g/mol. The van der Waals surface area contributed by atoms with E-state index in [1.807, 2.05) is 24.6 Å². The minimum Gasteiger partial charge on any atom is -0.350 e. The van der Waals surface area contributed by atoms with Crippen LogP contribution >= 0.6 is 0 Å².